The maximum absolute atomic E-state index is 13.4. The summed E-state index contributed by atoms with van der Waals surface area (Å²) >= 11 is 0. The molecule has 11 nitrogen and oxygen atoms in total. The molecule has 0 N–H and O–H groups in total. The topological polar surface area (TPSA) is 127 Å². The maximum Gasteiger partial charge on any atom is 0.245 e. The smallest absolute Gasteiger partial charge is 0.245 e. The van der Waals surface area contributed by atoms with Gasteiger partial charge in [-0.05, 0) is 72.8 Å². The molecule has 3 aromatic rings. The van der Waals surface area contributed by atoms with Crippen LogP contribution in [0.2, 0.25) is 0 Å². The van der Waals surface area contributed by atoms with Gasteiger partial charge in [0.2, 0.25) is 15.9 Å². The number of rotatable bonds is 7. The summed E-state index contributed by atoms with van der Waals surface area (Å²) in [5, 5.41) is 16.0. The lowest BCUT2D eigenvalue weighted by Gasteiger charge is -2.37. The molecule has 36 heavy (non-hydrogen) atoms. The number of hydrogen-bond acceptors (Lipinski definition) is 8. The first kappa shape index (κ1) is 23.5. The van der Waals surface area contributed by atoms with E-state index >= 15 is 0 Å². The van der Waals surface area contributed by atoms with Crippen molar-refractivity contribution in [2.45, 2.75) is 56.4 Å². The van der Waals surface area contributed by atoms with Gasteiger partial charge in [0.05, 0.1) is 0 Å². The minimum atomic E-state index is -3.75. The molecule has 1 atom stereocenters. The SMILES string of the molecule is O=C(C1CCN(S(=O)(=O)c2cccc3nonc23)CC1)N1CCCC(Cc2nncn2CC2CC2)C1. The van der Waals surface area contributed by atoms with Gasteiger partial charge >= 0.3 is 0 Å². The number of amides is 1. The van der Waals surface area contributed by atoms with Gasteiger partial charge in [0.15, 0.2) is 5.52 Å². The number of nitrogens with zero attached hydrogens (tertiary/aromatic N) is 7. The van der Waals surface area contributed by atoms with Gasteiger partial charge in [-0.2, -0.15) is 4.31 Å². The zero-order valence-electron chi connectivity index (χ0n) is 20.2. The summed E-state index contributed by atoms with van der Waals surface area (Å²) in [5.74, 6) is 2.16. The molecule has 2 aromatic heterocycles. The first-order valence-electron chi connectivity index (χ1n) is 12.9. The number of fused-ring (bicyclic) bond motifs is 1. The van der Waals surface area contributed by atoms with Gasteiger partial charge < -0.3 is 9.47 Å². The van der Waals surface area contributed by atoms with E-state index in [0.717, 1.165) is 50.6 Å². The molecule has 0 spiro atoms. The Morgan fingerprint density at radius 2 is 1.86 bits per heavy atom. The van der Waals surface area contributed by atoms with Crippen molar-refractivity contribution in [1.29, 1.82) is 0 Å². The van der Waals surface area contributed by atoms with Crippen LogP contribution in [0.25, 0.3) is 11.0 Å². The Balaban J connectivity index is 1.06. The van der Waals surface area contributed by atoms with Crippen molar-refractivity contribution in [3.05, 3.63) is 30.4 Å². The molecule has 0 bridgehead atoms. The highest BCUT2D eigenvalue weighted by Crippen LogP contribution is 2.32. The molecule has 1 aliphatic carbocycles. The predicted octanol–water partition coefficient (Wildman–Crippen LogP) is 2.11. The molecule has 6 rings (SSSR count). The van der Waals surface area contributed by atoms with E-state index in [1.165, 1.54) is 23.2 Å². The Morgan fingerprint density at radius 3 is 2.67 bits per heavy atom. The van der Waals surface area contributed by atoms with Crippen molar-refractivity contribution < 1.29 is 17.8 Å². The van der Waals surface area contributed by atoms with Gasteiger partial charge in [-0.1, -0.05) is 6.07 Å². The summed E-state index contributed by atoms with van der Waals surface area (Å²) in [6.45, 7) is 3.11. The Bertz CT molecular complexity index is 1340. The molecule has 12 heteroatoms. The first-order valence-corrected chi connectivity index (χ1v) is 14.3. The van der Waals surface area contributed by atoms with E-state index in [9.17, 15) is 13.2 Å². The summed E-state index contributed by atoms with van der Waals surface area (Å²) in [5.41, 5.74) is 0.648. The molecule has 0 radical (unpaired) electrons. The van der Waals surface area contributed by atoms with Gasteiger partial charge in [0.1, 0.15) is 22.6 Å². The van der Waals surface area contributed by atoms with Crippen molar-refractivity contribution >= 4 is 27.0 Å². The fraction of sp³-hybridized carbons (Fsp3) is 0.625. The predicted molar refractivity (Wildman–Crippen MR) is 129 cm³/mol. The highest BCUT2D eigenvalue weighted by atomic mass is 32.2. The van der Waals surface area contributed by atoms with Crippen LogP contribution in [0.1, 0.15) is 44.3 Å². The van der Waals surface area contributed by atoms with Crippen molar-refractivity contribution in [2.24, 2.45) is 17.8 Å². The lowest BCUT2D eigenvalue weighted by Crippen LogP contribution is -2.47. The van der Waals surface area contributed by atoms with Crippen molar-refractivity contribution in [3.63, 3.8) is 0 Å². The summed E-state index contributed by atoms with van der Waals surface area (Å²) in [6.07, 6.45) is 8.35. The zero-order valence-corrected chi connectivity index (χ0v) is 21.0. The van der Waals surface area contributed by atoms with E-state index in [-0.39, 0.29) is 22.2 Å². The molecule has 1 amide bonds. The molecule has 4 heterocycles. The fourth-order valence-corrected chi connectivity index (χ4v) is 7.19. The molecule has 1 unspecified atom stereocenters. The summed E-state index contributed by atoms with van der Waals surface area (Å²) < 4.78 is 34.9. The second kappa shape index (κ2) is 9.55. The molecular weight excluding hydrogens is 482 g/mol. The second-order valence-electron chi connectivity index (χ2n) is 10.4. The van der Waals surface area contributed by atoms with Gasteiger partial charge in [0.25, 0.3) is 0 Å². The van der Waals surface area contributed by atoms with E-state index in [0.29, 0.717) is 37.4 Å². The van der Waals surface area contributed by atoms with Crippen LogP contribution in [-0.4, -0.2) is 74.8 Å². The third-order valence-electron chi connectivity index (χ3n) is 7.82. The number of benzene rings is 1. The largest absolute Gasteiger partial charge is 0.342 e. The zero-order chi connectivity index (χ0) is 24.7. The van der Waals surface area contributed by atoms with Crippen LogP contribution in [0.3, 0.4) is 0 Å². The van der Waals surface area contributed by atoms with Crippen LogP contribution in [0.5, 0.6) is 0 Å². The number of carbonyl (C=O) groups is 1. The lowest BCUT2D eigenvalue weighted by molar-refractivity contribution is -0.138. The van der Waals surface area contributed by atoms with Crippen LogP contribution in [-0.2, 0) is 27.8 Å². The Hall–Kier alpha value is -2.86. The van der Waals surface area contributed by atoms with E-state index in [1.54, 1.807) is 12.1 Å². The summed E-state index contributed by atoms with van der Waals surface area (Å²) in [4.78, 5) is 15.5. The third-order valence-corrected chi connectivity index (χ3v) is 9.75. The number of likely N-dealkylation sites (tertiary alicyclic amines) is 1. The van der Waals surface area contributed by atoms with Gasteiger partial charge in [-0.3, -0.25) is 4.79 Å². The quantitative estimate of drug-likeness (QED) is 0.470. The highest BCUT2D eigenvalue weighted by Gasteiger charge is 2.36. The summed E-state index contributed by atoms with van der Waals surface area (Å²) in [6, 6.07) is 4.83. The van der Waals surface area contributed by atoms with Gasteiger partial charge in [0, 0.05) is 45.1 Å². The molecular formula is C24H31N7O4S. The minimum Gasteiger partial charge on any atom is -0.342 e. The number of piperidine rings is 2. The number of hydrogen-bond donors (Lipinski definition) is 0. The van der Waals surface area contributed by atoms with E-state index in [4.69, 9.17) is 4.63 Å². The molecule has 192 valence electrons. The monoisotopic (exact) mass is 513 g/mol. The number of carbonyl (C=O) groups excluding carboxylic acids is 1. The molecule has 3 fully saturated rings. The van der Waals surface area contributed by atoms with Crippen LogP contribution in [0, 0.1) is 17.8 Å². The maximum atomic E-state index is 13.4. The van der Waals surface area contributed by atoms with Crippen LogP contribution in [0.15, 0.2) is 34.1 Å². The molecule has 2 saturated heterocycles. The fourth-order valence-electron chi connectivity index (χ4n) is 5.59. The Morgan fingerprint density at radius 1 is 1.03 bits per heavy atom. The van der Waals surface area contributed by atoms with Crippen molar-refractivity contribution in [1.82, 2.24) is 34.3 Å². The normalized spacial score (nSPS) is 22.3. The van der Waals surface area contributed by atoms with Gasteiger partial charge in [-0.25, -0.2) is 13.0 Å². The summed E-state index contributed by atoms with van der Waals surface area (Å²) in [7, 11) is -3.75. The van der Waals surface area contributed by atoms with E-state index in [1.807, 2.05) is 11.2 Å². The average Bonchev–Trinajstić information content (AvgIpc) is 3.40. The minimum absolute atomic E-state index is 0.0967. The van der Waals surface area contributed by atoms with Crippen LogP contribution >= 0.6 is 0 Å². The first-order chi connectivity index (χ1) is 17.5. The van der Waals surface area contributed by atoms with Crippen LogP contribution < -0.4 is 0 Å². The lowest BCUT2D eigenvalue weighted by atomic mass is 9.91. The Labute approximate surface area is 209 Å². The highest BCUT2D eigenvalue weighted by molar-refractivity contribution is 7.89. The molecule has 3 aliphatic rings. The van der Waals surface area contributed by atoms with E-state index < -0.39 is 10.0 Å². The van der Waals surface area contributed by atoms with Crippen molar-refractivity contribution in [2.75, 3.05) is 26.2 Å². The van der Waals surface area contributed by atoms with E-state index in [2.05, 4.69) is 25.1 Å². The third kappa shape index (κ3) is 4.63. The number of aromatic nitrogens is 5. The Kier molecular flexibility index (Phi) is 6.24. The average molecular weight is 514 g/mol. The standard InChI is InChI=1S/C24H31N7O4S/c32-24(29-10-2-3-18(15-29)13-22-26-25-16-30(22)14-17-6-7-17)19-8-11-31(12-9-19)36(33,34)21-5-1-4-20-23(21)28-35-27-20/h1,4-5,16-19H,2-3,6-15H2. The molecule has 1 saturated carbocycles. The number of sulfonamides is 1. The van der Waals surface area contributed by atoms with Gasteiger partial charge in [-0.15, -0.1) is 10.2 Å². The molecule has 2 aliphatic heterocycles. The van der Waals surface area contributed by atoms with Crippen molar-refractivity contribution in [3.8, 4) is 0 Å². The molecule has 1 aromatic carbocycles. The van der Waals surface area contributed by atoms with Crippen LogP contribution in [0.4, 0.5) is 0 Å². The second-order valence-corrected chi connectivity index (χ2v) is 12.3.